The Kier molecular flexibility index (Phi) is 5.13. The van der Waals surface area contributed by atoms with Gasteiger partial charge in [-0.1, -0.05) is 13.8 Å². The number of carboxylic acids is 1. The number of carboxylic acid groups (broad SMARTS) is 1. The van der Waals surface area contributed by atoms with Gasteiger partial charge in [-0.25, -0.2) is 18.4 Å². The van der Waals surface area contributed by atoms with E-state index in [0.29, 0.717) is 5.69 Å². The van der Waals surface area contributed by atoms with Gasteiger partial charge in [0.05, 0.1) is 16.1 Å². The predicted octanol–water partition coefficient (Wildman–Crippen LogP) is 1.66. The first-order valence-corrected chi connectivity index (χ1v) is 7.89. The summed E-state index contributed by atoms with van der Waals surface area (Å²) < 4.78 is 22.6. The smallest absolute Gasteiger partial charge is 0.337 e. The summed E-state index contributed by atoms with van der Waals surface area (Å²) in [7, 11) is -2.11. The van der Waals surface area contributed by atoms with Crippen molar-refractivity contribution >= 4 is 21.7 Å². The molecule has 3 N–H and O–H groups in total. The molecule has 112 valence electrons. The van der Waals surface area contributed by atoms with Crippen LogP contribution in [0.25, 0.3) is 0 Å². The van der Waals surface area contributed by atoms with E-state index in [4.69, 9.17) is 5.14 Å². The van der Waals surface area contributed by atoms with Crippen molar-refractivity contribution in [3.63, 3.8) is 0 Å². The maximum atomic E-state index is 11.3. The molecule has 1 rings (SSSR count). The Labute approximate surface area is 119 Å². The summed E-state index contributed by atoms with van der Waals surface area (Å²) in [6.07, 6.45) is 1.73. The first kappa shape index (κ1) is 16.5. The molecule has 0 bridgehead atoms. The zero-order valence-electron chi connectivity index (χ0n) is 11.8. The number of carbonyl (C=O) groups is 1. The molecule has 0 saturated carbocycles. The molecule has 0 unspecified atom stereocenters. The number of sulfonamides is 1. The van der Waals surface area contributed by atoms with Gasteiger partial charge in [0.25, 0.3) is 0 Å². The number of hydrogen-bond acceptors (Lipinski definition) is 4. The first-order valence-electron chi connectivity index (χ1n) is 6.35. The van der Waals surface area contributed by atoms with Gasteiger partial charge in [-0.05, 0) is 31.0 Å². The van der Waals surface area contributed by atoms with Crippen molar-refractivity contribution in [2.45, 2.75) is 37.6 Å². The van der Waals surface area contributed by atoms with Crippen LogP contribution >= 0.6 is 0 Å². The van der Waals surface area contributed by atoms with E-state index in [1.807, 2.05) is 18.7 Å². The summed E-state index contributed by atoms with van der Waals surface area (Å²) in [5.74, 6) is -1.18. The lowest BCUT2D eigenvalue weighted by molar-refractivity contribution is 0.0697. The molecular formula is C13H20N2O4S. The molecular weight excluding hydrogens is 280 g/mol. The summed E-state index contributed by atoms with van der Waals surface area (Å²) in [5.41, 5.74) is 0.421. The van der Waals surface area contributed by atoms with E-state index in [1.54, 1.807) is 7.05 Å². The van der Waals surface area contributed by atoms with E-state index in [2.05, 4.69) is 0 Å². The molecule has 1 aromatic rings. The Morgan fingerprint density at radius 3 is 2.30 bits per heavy atom. The second-order valence-corrected chi connectivity index (χ2v) is 6.17. The van der Waals surface area contributed by atoms with Crippen LogP contribution < -0.4 is 10.0 Å². The lowest BCUT2D eigenvalue weighted by atomic mass is 10.1. The van der Waals surface area contributed by atoms with Crippen molar-refractivity contribution in [1.82, 2.24) is 0 Å². The van der Waals surface area contributed by atoms with Crippen LogP contribution in [0.4, 0.5) is 5.69 Å². The Hall–Kier alpha value is -1.60. The summed E-state index contributed by atoms with van der Waals surface area (Å²) in [5, 5.41) is 14.3. The monoisotopic (exact) mass is 300 g/mol. The highest BCUT2D eigenvalue weighted by Gasteiger charge is 2.21. The fourth-order valence-electron chi connectivity index (χ4n) is 2.20. The van der Waals surface area contributed by atoms with Crippen LogP contribution in [-0.2, 0) is 10.0 Å². The fourth-order valence-corrected chi connectivity index (χ4v) is 2.74. The number of aromatic carboxylic acids is 1. The SMILES string of the molecule is CCC(CC)N(C)c1ccc(S(N)(=O)=O)cc1C(=O)O. The lowest BCUT2D eigenvalue weighted by Gasteiger charge is -2.29. The van der Waals surface area contributed by atoms with Gasteiger partial charge in [-0.15, -0.1) is 0 Å². The normalized spacial score (nSPS) is 11.7. The second kappa shape index (κ2) is 6.23. The van der Waals surface area contributed by atoms with Gasteiger partial charge in [-0.2, -0.15) is 0 Å². The Morgan fingerprint density at radius 2 is 1.90 bits per heavy atom. The molecule has 0 amide bonds. The average Bonchev–Trinajstić information content (AvgIpc) is 2.38. The quantitative estimate of drug-likeness (QED) is 0.832. The molecule has 6 nitrogen and oxygen atoms in total. The highest BCUT2D eigenvalue weighted by atomic mass is 32.2. The van der Waals surface area contributed by atoms with E-state index >= 15 is 0 Å². The van der Waals surface area contributed by atoms with E-state index in [0.717, 1.165) is 18.9 Å². The van der Waals surface area contributed by atoms with Gasteiger partial charge in [-0.3, -0.25) is 0 Å². The number of anilines is 1. The van der Waals surface area contributed by atoms with Gasteiger partial charge in [0, 0.05) is 13.1 Å². The van der Waals surface area contributed by atoms with Crippen molar-refractivity contribution in [1.29, 1.82) is 0 Å². The molecule has 20 heavy (non-hydrogen) atoms. The molecule has 0 atom stereocenters. The van der Waals surface area contributed by atoms with Crippen LogP contribution in [0.2, 0.25) is 0 Å². The zero-order chi connectivity index (χ0) is 15.5. The third kappa shape index (κ3) is 3.49. The molecule has 0 fully saturated rings. The predicted molar refractivity (Wildman–Crippen MR) is 77.5 cm³/mol. The number of nitrogens with two attached hydrogens (primary N) is 1. The average molecular weight is 300 g/mol. The molecule has 0 aliphatic rings. The number of primary sulfonamides is 1. The van der Waals surface area contributed by atoms with E-state index in [1.165, 1.54) is 12.1 Å². The summed E-state index contributed by atoms with van der Waals surface area (Å²) in [6, 6.07) is 4.11. The highest BCUT2D eigenvalue weighted by Crippen LogP contribution is 2.26. The van der Waals surface area contributed by atoms with E-state index in [9.17, 15) is 18.3 Å². The number of benzene rings is 1. The Morgan fingerprint density at radius 1 is 1.35 bits per heavy atom. The molecule has 0 heterocycles. The van der Waals surface area contributed by atoms with Crippen molar-refractivity contribution in [2.75, 3.05) is 11.9 Å². The molecule has 7 heteroatoms. The maximum Gasteiger partial charge on any atom is 0.337 e. The molecule has 0 aromatic heterocycles. The van der Waals surface area contributed by atoms with Crippen molar-refractivity contribution in [2.24, 2.45) is 5.14 Å². The number of rotatable bonds is 6. The van der Waals surface area contributed by atoms with Gasteiger partial charge in [0.1, 0.15) is 0 Å². The van der Waals surface area contributed by atoms with Crippen LogP contribution in [0.3, 0.4) is 0 Å². The van der Waals surface area contributed by atoms with Crippen molar-refractivity contribution in [3.8, 4) is 0 Å². The largest absolute Gasteiger partial charge is 0.478 e. The molecule has 0 radical (unpaired) electrons. The summed E-state index contributed by atoms with van der Waals surface area (Å²) in [4.78, 5) is 13.0. The molecule has 0 saturated heterocycles. The van der Waals surface area contributed by atoms with Gasteiger partial charge >= 0.3 is 5.97 Å². The maximum absolute atomic E-state index is 11.3. The zero-order valence-corrected chi connectivity index (χ0v) is 12.6. The lowest BCUT2D eigenvalue weighted by Crippen LogP contribution is -2.31. The van der Waals surface area contributed by atoms with Crippen molar-refractivity contribution in [3.05, 3.63) is 23.8 Å². The van der Waals surface area contributed by atoms with Gasteiger partial charge in [0.15, 0.2) is 0 Å². The minimum absolute atomic E-state index is 0.0640. The third-order valence-electron chi connectivity index (χ3n) is 3.40. The number of hydrogen-bond donors (Lipinski definition) is 2. The minimum atomic E-state index is -3.91. The third-order valence-corrected chi connectivity index (χ3v) is 4.31. The Bertz CT molecular complexity index is 594. The summed E-state index contributed by atoms with van der Waals surface area (Å²) in [6.45, 7) is 4.04. The van der Waals surface area contributed by atoms with Crippen molar-refractivity contribution < 1.29 is 18.3 Å². The molecule has 0 aliphatic carbocycles. The second-order valence-electron chi connectivity index (χ2n) is 4.61. The topological polar surface area (TPSA) is 101 Å². The van der Waals surface area contributed by atoms with Crippen LogP contribution in [0.1, 0.15) is 37.0 Å². The fraction of sp³-hybridized carbons (Fsp3) is 0.462. The highest BCUT2D eigenvalue weighted by molar-refractivity contribution is 7.89. The first-order chi connectivity index (χ1) is 9.22. The van der Waals surface area contributed by atoms with Crippen LogP contribution in [0.15, 0.2) is 23.1 Å². The molecule has 0 spiro atoms. The van der Waals surface area contributed by atoms with E-state index in [-0.39, 0.29) is 16.5 Å². The van der Waals surface area contributed by atoms with Crippen LogP contribution in [-0.4, -0.2) is 32.6 Å². The van der Waals surface area contributed by atoms with E-state index < -0.39 is 16.0 Å². The van der Waals surface area contributed by atoms with Crippen LogP contribution in [0, 0.1) is 0 Å². The van der Waals surface area contributed by atoms with Gasteiger partial charge < -0.3 is 10.0 Å². The molecule has 0 aliphatic heterocycles. The molecule has 1 aromatic carbocycles. The number of nitrogens with zero attached hydrogens (tertiary/aromatic N) is 1. The van der Waals surface area contributed by atoms with Crippen LogP contribution in [0.5, 0.6) is 0 Å². The summed E-state index contributed by atoms with van der Waals surface area (Å²) >= 11 is 0. The van der Waals surface area contributed by atoms with Gasteiger partial charge in [0.2, 0.25) is 10.0 Å². The Balaban J connectivity index is 3.38. The minimum Gasteiger partial charge on any atom is -0.478 e. The standard InChI is InChI=1S/C13H20N2O4S/c1-4-9(5-2)15(3)12-7-6-10(20(14,18)19)8-11(12)13(16)17/h6-9H,4-5H2,1-3H3,(H,16,17)(H2,14,18,19).